The van der Waals surface area contributed by atoms with E-state index in [0.29, 0.717) is 6.42 Å². The maximum absolute atomic E-state index is 12.0. The highest BCUT2D eigenvalue weighted by Gasteiger charge is 2.35. The van der Waals surface area contributed by atoms with E-state index in [1.807, 2.05) is 7.05 Å². The minimum absolute atomic E-state index is 0.138. The molecule has 0 heterocycles. The van der Waals surface area contributed by atoms with Crippen molar-refractivity contribution < 1.29 is 4.79 Å². The SMILES string of the molecule is CNCCC(=O)NCC1(c2ccccc2C)CCCCC1. The predicted octanol–water partition coefficient (Wildman–Crippen LogP) is 2.92. The van der Waals surface area contributed by atoms with Crippen LogP contribution in [0.15, 0.2) is 24.3 Å². The number of nitrogens with one attached hydrogen (secondary N) is 2. The first-order valence-electron chi connectivity index (χ1n) is 8.15. The molecule has 1 saturated carbocycles. The molecule has 0 atom stereocenters. The molecule has 21 heavy (non-hydrogen) atoms. The number of hydrogen-bond acceptors (Lipinski definition) is 2. The van der Waals surface area contributed by atoms with Crippen molar-refractivity contribution in [2.45, 2.75) is 50.9 Å². The normalized spacial score (nSPS) is 17.4. The zero-order valence-corrected chi connectivity index (χ0v) is 13.4. The van der Waals surface area contributed by atoms with E-state index < -0.39 is 0 Å². The molecule has 1 amide bonds. The van der Waals surface area contributed by atoms with Gasteiger partial charge in [0.15, 0.2) is 0 Å². The monoisotopic (exact) mass is 288 g/mol. The Balaban J connectivity index is 2.11. The first-order chi connectivity index (χ1) is 10.2. The molecule has 0 bridgehead atoms. The van der Waals surface area contributed by atoms with Crippen LogP contribution in [-0.2, 0) is 10.2 Å². The summed E-state index contributed by atoms with van der Waals surface area (Å²) < 4.78 is 0. The second-order valence-corrected chi connectivity index (χ2v) is 6.29. The summed E-state index contributed by atoms with van der Waals surface area (Å²) in [5, 5.41) is 6.20. The summed E-state index contributed by atoms with van der Waals surface area (Å²) in [6.45, 7) is 3.71. The van der Waals surface area contributed by atoms with Crippen LogP contribution in [-0.4, -0.2) is 26.0 Å². The van der Waals surface area contributed by atoms with Crippen molar-refractivity contribution in [1.29, 1.82) is 0 Å². The van der Waals surface area contributed by atoms with Crippen molar-refractivity contribution in [1.82, 2.24) is 10.6 Å². The molecule has 3 heteroatoms. The van der Waals surface area contributed by atoms with Gasteiger partial charge >= 0.3 is 0 Å². The lowest BCUT2D eigenvalue weighted by molar-refractivity contribution is -0.121. The van der Waals surface area contributed by atoms with Gasteiger partial charge in [0.1, 0.15) is 0 Å². The second-order valence-electron chi connectivity index (χ2n) is 6.29. The topological polar surface area (TPSA) is 41.1 Å². The van der Waals surface area contributed by atoms with Gasteiger partial charge in [-0.3, -0.25) is 4.79 Å². The van der Waals surface area contributed by atoms with Crippen molar-refractivity contribution in [3.8, 4) is 0 Å². The molecule has 1 aliphatic rings. The summed E-state index contributed by atoms with van der Waals surface area (Å²) in [5.74, 6) is 0.155. The largest absolute Gasteiger partial charge is 0.355 e. The van der Waals surface area contributed by atoms with Gasteiger partial charge in [0, 0.05) is 24.9 Å². The number of aryl methyl sites for hydroxylation is 1. The zero-order chi connectivity index (χ0) is 15.1. The van der Waals surface area contributed by atoms with Gasteiger partial charge in [-0.2, -0.15) is 0 Å². The molecule has 1 aliphatic carbocycles. The second kappa shape index (κ2) is 7.60. The van der Waals surface area contributed by atoms with Gasteiger partial charge in [-0.1, -0.05) is 43.5 Å². The molecule has 2 rings (SSSR count). The molecule has 1 aromatic carbocycles. The number of carbonyl (C=O) groups excluding carboxylic acids is 1. The van der Waals surface area contributed by atoms with Crippen LogP contribution in [0.1, 0.15) is 49.7 Å². The van der Waals surface area contributed by atoms with E-state index >= 15 is 0 Å². The van der Waals surface area contributed by atoms with Crippen LogP contribution in [0.2, 0.25) is 0 Å². The summed E-state index contributed by atoms with van der Waals surface area (Å²) in [4.78, 5) is 12.0. The van der Waals surface area contributed by atoms with Crippen molar-refractivity contribution in [3.05, 3.63) is 35.4 Å². The van der Waals surface area contributed by atoms with Crippen LogP contribution in [0, 0.1) is 6.92 Å². The summed E-state index contributed by atoms with van der Waals surface area (Å²) in [6.07, 6.45) is 6.78. The molecule has 0 saturated heterocycles. The van der Waals surface area contributed by atoms with Crippen molar-refractivity contribution in [2.24, 2.45) is 0 Å². The minimum atomic E-state index is 0.138. The average molecular weight is 288 g/mol. The van der Waals surface area contributed by atoms with E-state index in [-0.39, 0.29) is 11.3 Å². The maximum atomic E-state index is 12.0. The highest BCUT2D eigenvalue weighted by molar-refractivity contribution is 5.76. The fourth-order valence-electron chi connectivity index (χ4n) is 3.53. The van der Waals surface area contributed by atoms with E-state index in [1.165, 1.54) is 43.2 Å². The molecule has 1 fully saturated rings. The zero-order valence-electron chi connectivity index (χ0n) is 13.4. The summed E-state index contributed by atoms with van der Waals surface area (Å²) >= 11 is 0. The molecule has 1 aromatic rings. The maximum Gasteiger partial charge on any atom is 0.221 e. The van der Waals surface area contributed by atoms with Crippen LogP contribution in [0.3, 0.4) is 0 Å². The van der Waals surface area contributed by atoms with Crippen molar-refractivity contribution in [3.63, 3.8) is 0 Å². The highest BCUT2D eigenvalue weighted by Crippen LogP contribution is 2.40. The first kappa shape index (κ1) is 16.0. The van der Waals surface area contributed by atoms with Gasteiger partial charge in [-0.25, -0.2) is 0 Å². The van der Waals surface area contributed by atoms with Crippen LogP contribution < -0.4 is 10.6 Å². The van der Waals surface area contributed by atoms with Crippen molar-refractivity contribution >= 4 is 5.91 Å². The van der Waals surface area contributed by atoms with Gasteiger partial charge in [0.2, 0.25) is 5.91 Å². The number of rotatable bonds is 6. The molecular weight excluding hydrogens is 260 g/mol. The molecule has 0 spiro atoms. The van der Waals surface area contributed by atoms with E-state index in [0.717, 1.165) is 13.1 Å². The Hall–Kier alpha value is -1.35. The van der Waals surface area contributed by atoms with Gasteiger partial charge in [0.25, 0.3) is 0 Å². The standard InChI is InChI=1S/C18H28N2O/c1-15-8-4-5-9-16(15)18(11-6-3-7-12-18)14-20-17(21)10-13-19-2/h4-5,8-9,19H,3,6-7,10-14H2,1-2H3,(H,20,21). The van der Waals surface area contributed by atoms with Gasteiger partial charge < -0.3 is 10.6 Å². The van der Waals surface area contributed by atoms with Gasteiger partial charge in [0.05, 0.1) is 0 Å². The Bertz CT molecular complexity index is 464. The lowest BCUT2D eigenvalue weighted by Gasteiger charge is -2.39. The Kier molecular flexibility index (Phi) is 5.80. The molecule has 3 nitrogen and oxygen atoms in total. The molecule has 116 valence electrons. The summed E-state index contributed by atoms with van der Waals surface area (Å²) in [7, 11) is 1.88. The van der Waals surface area contributed by atoms with Crippen LogP contribution >= 0.6 is 0 Å². The van der Waals surface area contributed by atoms with Crippen LogP contribution in [0.4, 0.5) is 0 Å². The summed E-state index contributed by atoms with van der Waals surface area (Å²) in [5.41, 5.74) is 2.92. The van der Waals surface area contributed by atoms with Crippen LogP contribution in [0.5, 0.6) is 0 Å². The third-order valence-electron chi connectivity index (χ3n) is 4.75. The van der Waals surface area contributed by atoms with E-state index in [9.17, 15) is 4.79 Å². The summed E-state index contributed by atoms with van der Waals surface area (Å²) in [6, 6.07) is 8.66. The fourth-order valence-corrected chi connectivity index (χ4v) is 3.53. The predicted molar refractivity (Wildman–Crippen MR) is 87.5 cm³/mol. The number of hydrogen-bond donors (Lipinski definition) is 2. The third-order valence-corrected chi connectivity index (χ3v) is 4.75. The van der Waals surface area contributed by atoms with E-state index in [4.69, 9.17) is 0 Å². The van der Waals surface area contributed by atoms with Crippen LogP contribution in [0.25, 0.3) is 0 Å². The average Bonchev–Trinajstić information content (AvgIpc) is 2.52. The Morgan fingerprint density at radius 1 is 1.19 bits per heavy atom. The lowest BCUT2D eigenvalue weighted by Crippen LogP contribution is -2.43. The quantitative estimate of drug-likeness (QED) is 0.845. The molecule has 2 N–H and O–H groups in total. The fraction of sp³-hybridized carbons (Fsp3) is 0.611. The third kappa shape index (κ3) is 4.07. The number of amides is 1. The molecule has 0 aromatic heterocycles. The molecule has 0 aliphatic heterocycles. The van der Waals surface area contributed by atoms with Crippen molar-refractivity contribution in [2.75, 3.05) is 20.1 Å². The highest BCUT2D eigenvalue weighted by atomic mass is 16.1. The van der Waals surface area contributed by atoms with Gasteiger partial charge in [-0.15, -0.1) is 0 Å². The van der Waals surface area contributed by atoms with E-state index in [1.54, 1.807) is 0 Å². The number of carbonyl (C=O) groups is 1. The van der Waals surface area contributed by atoms with Gasteiger partial charge in [-0.05, 0) is 37.9 Å². The minimum Gasteiger partial charge on any atom is -0.355 e. The molecule has 0 unspecified atom stereocenters. The molecule has 0 radical (unpaired) electrons. The Morgan fingerprint density at radius 3 is 2.57 bits per heavy atom. The Morgan fingerprint density at radius 2 is 1.90 bits per heavy atom. The molecular formula is C18H28N2O. The van der Waals surface area contributed by atoms with E-state index in [2.05, 4.69) is 41.8 Å². The number of benzene rings is 1. The Labute approximate surface area is 128 Å². The smallest absolute Gasteiger partial charge is 0.221 e. The first-order valence-corrected chi connectivity index (χ1v) is 8.15. The lowest BCUT2D eigenvalue weighted by atomic mass is 9.68.